The van der Waals surface area contributed by atoms with Crippen LogP contribution in [0.2, 0.25) is 20.1 Å². The molecule has 7 aromatic rings. The van der Waals surface area contributed by atoms with E-state index in [9.17, 15) is 9.90 Å². The normalized spacial score (nSPS) is 10.9. The molecule has 1 aromatic heterocycles. The maximum Gasteiger partial charge on any atom is 0.239 e. The number of carboxylic acids is 1. The summed E-state index contributed by atoms with van der Waals surface area (Å²) in [6.45, 7) is 4.25. The first-order valence-corrected chi connectivity index (χ1v) is 17.9. The molecule has 1 heterocycles. The minimum Gasteiger partial charge on any atom is -0.550 e. The molecule has 52 heavy (non-hydrogen) atoms. The fourth-order valence-electron chi connectivity index (χ4n) is 5.65. The van der Waals surface area contributed by atoms with E-state index in [1.165, 1.54) is 0 Å². The Labute approximate surface area is 321 Å². The van der Waals surface area contributed by atoms with Crippen molar-refractivity contribution in [1.29, 1.82) is 0 Å². The number of rotatable bonds is 9. The summed E-state index contributed by atoms with van der Waals surface area (Å²) >= 11 is 24.4. The van der Waals surface area contributed by atoms with Crippen LogP contribution in [0.15, 0.2) is 127 Å². The van der Waals surface area contributed by atoms with Crippen molar-refractivity contribution in [3.8, 4) is 5.69 Å². The van der Waals surface area contributed by atoms with Crippen LogP contribution in [-0.2, 0) is 11.2 Å². The number of para-hydroxylation sites is 4. The molecule has 262 valence electrons. The van der Waals surface area contributed by atoms with Gasteiger partial charge in [-0.2, -0.15) is 0 Å². The lowest BCUT2D eigenvalue weighted by Crippen LogP contribution is -2.33. The van der Waals surface area contributed by atoms with Crippen molar-refractivity contribution in [2.24, 2.45) is 0 Å². The summed E-state index contributed by atoms with van der Waals surface area (Å²) in [5.74, 6) is -1.14. The highest BCUT2D eigenvalue weighted by Crippen LogP contribution is 2.34. The number of nitrogens with one attached hydrogen (secondary N) is 3. The van der Waals surface area contributed by atoms with Gasteiger partial charge < -0.3 is 25.9 Å². The Bertz CT molecular complexity index is 2350. The van der Waals surface area contributed by atoms with E-state index in [4.69, 9.17) is 51.4 Å². The standard InChI is InChI=1S/C27H22Cl2N4.C14H11Cl2NO2/c1-17(2)30-24-16-27-25(15-23(24)31-20-11-7-18(28)8-12-20)32-22-5-3-4-6-26(22)33(27)21-13-9-19(29)10-14-21;15-10-5-3-6-11(16)14(10)17-12-7-2-1-4-9(12)8-13(18)19/h3-17H,1-2H3,(H,31,32);1-7,17H,8H2,(H,18,19). The van der Waals surface area contributed by atoms with Crippen LogP contribution in [0.5, 0.6) is 0 Å². The van der Waals surface area contributed by atoms with E-state index >= 15 is 0 Å². The second kappa shape index (κ2) is 16.5. The summed E-state index contributed by atoms with van der Waals surface area (Å²) in [6, 6.07) is 40.4. The van der Waals surface area contributed by atoms with Gasteiger partial charge in [-0.15, -0.1) is 4.57 Å². The molecular formula is C41H33Cl4N5O2. The van der Waals surface area contributed by atoms with Gasteiger partial charge in [-0.1, -0.05) is 82.8 Å². The predicted molar refractivity (Wildman–Crippen MR) is 214 cm³/mol. The Morgan fingerprint density at radius 1 is 0.673 bits per heavy atom. The van der Waals surface area contributed by atoms with Crippen molar-refractivity contribution >= 4 is 103 Å². The number of anilines is 5. The van der Waals surface area contributed by atoms with Gasteiger partial charge >= 0.3 is 0 Å². The van der Waals surface area contributed by atoms with Gasteiger partial charge in [0.05, 0.1) is 27.1 Å². The molecule has 0 spiro atoms. The van der Waals surface area contributed by atoms with Crippen molar-refractivity contribution < 1.29 is 14.5 Å². The second-order valence-electron chi connectivity index (χ2n) is 12.2. The summed E-state index contributed by atoms with van der Waals surface area (Å²) in [7, 11) is 0. The average molecular weight is 770 g/mol. The van der Waals surface area contributed by atoms with Gasteiger partial charge in [0, 0.05) is 64.1 Å². The molecule has 3 N–H and O–H groups in total. The van der Waals surface area contributed by atoms with E-state index in [-0.39, 0.29) is 12.5 Å². The summed E-state index contributed by atoms with van der Waals surface area (Å²) in [5, 5.41) is 23.2. The summed E-state index contributed by atoms with van der Waals surface area (Å²) in [4.78, 5) is 15.7. The van der Waals surface area contributed by atoms with Crippen molar-refractivity contribution in [2.45, 2.75) is 26.3 Å². The minimum absolute atomic E-state index is 0.175. The Kier molecular flexibility index (Phi) is 11.7. The Balaban J connectivity index is 0.000000208. The summed E-state index contributed by atoms with van der Waals surface area (Å²) < 4.78 is 2.23. The zero-order chi connectivity index (χ0) is 36.8. The zero-order valence-corrected chi connectivity index (χ0v) is 31.2. The third kappa shape index (κ3) is 8.87. The van der Waals surface area contributed by atoms with Crippen LogP contribution in [0.25, 0.3) is 27.8 Å². The van der Waals surface area contributed by atoms with Gasteiger partial charge in [-0.05, 0) is 86.1 Å². The van der Waals surface area contributed by atoms with Gasteiger partial charge in [-0.25, -0.2) is 4.98 Å². The highest BCUT2D eigenvalue weighted by molar-refractivity contribution is 6.39. The lowest BCUT2D eigenvalue weighted by Gasteiger charge is -2.17. The summed E-state index contributed by atoms with van der Waals surface area (Å²) in [6.07, 6.45) is -0.175. The lowest BCUT2D eigenvalue weighted by molar-refractivity contribution is -0.538. The number of carboxylic acid groups (broad SMARTS) is 1. The predicted octanol–water partition coefficient (Wildman–Crippen LogP) is 10.6. The molecule has 11 heteroatoms. The first-order chi connectivity index (χ1) is 25.0. The quantitative estimate of drug-likeness (QED) is 0.100. The van der Waals surface area contributed by atoms with Crippen molar-refractivity contribution in [3.63, 3.8) is 0 Å². The number of carbonyl (C=O) groups excluding carboxylic acids is 1. The molecule has 0 aliphatic heterocycles. The number of halogens is 4. The number of nitrogens with zero attached hydrogens (tertiary/aromatic N) is 2. The first-order valence-electron chi connectivity index (χ1n) is 16.4. The number of benzene rings is 6. The van der Waals surface area contributed by atoms with E-state index in [0.717, 1.165) is 44.8 Å². The number of aliphatic carboxylic acids is 1. The number of hydrogen-bond donors (Lipinski definition) is 3. The smallest absolute Gasteiger partial charge is 0.239 e. The number of aromatic nitrogens is 2. The molecule has 0 bridgehead atoms. The largest absolute Gasteiger partial charge is 0.550 e. The molecule has 0 fully saturated rings. The van der Waals surface area contributed by atoms with Crippen molar-refractivity contribution in [3.05, 3.63) is 153 Å². The SMILES string of the molecule is CC(C)Nc1cc2c(cc1Nc1ccc(Cl)cc1)nc1ccccc1[n+]2-c1ccc(Cl)cc1.O=C([O-])Cc1ccccc1Nc1c(Cl)cccc1Cl. The van der Waals surface area contributed by atoms with Crippen molar-refractivity contribution in [1.82, 2.24) is 4.98 Å². The summed E-state index contributed by atoms with van der Waals surface area (Å²) in [5.41, 5.74) is 9.56. The van der Waals surface area contributed by atoms with Crippen LogP contribution in [0.3, 0.4) is 0 Å². The highest BCUT2D eigenvalue weighted by atomic mass is 35.5. The molecule has 0 aliphatic carbocycles. The molecular weight excluding hydrogens is 736 g/mol. The van der Waals surface area contributed by atoms with E-state index in [0.29, 0.717) is 37.0 Å². The number of fused-ring (bicyclic) bond motifs is 2. The molecule has 7 rings (SSSR count). The molecule has 7 nitrogen and oxygen atoms in total. The van der Waals surface area contributed by atoms with E-state index in [2.05, 4.69) is 52.6 Å². The van der Waals surface area contributed by atoms with Crippen LogP contribution in [-0.4, -0.2) is 17.0 Å². The highest BCUT2D eigenvalue weighted by Gasteiger charge is 2.22. The van der Waals surface area contributed by atoms with Crippen LogP contribution >= 0.6 is 46.4 Å². The maximum absolute atomic E-state index is 10.7. The molecule has 0 aliphatic rings. The van der Waals surface area contributed by atoms with Gasteiger partial charge in [0.2, 0.25) is 16.7 Å². The molecule has 0 saturated carbocycles. The molecule has 0 radical (unpaired) electrons. The van der Waals surface area contributed by atoms with E-state index in [1.807, 2.05) is 66.7 Å². The fraction of sp³-hybridized carbons (Fsp3) is 0.0976. The minimum atomic E-state index is -1.14. The Hall–Kier alpha value is -5.05. The van der Waals surface area contributed by atoms with Crippen LogP contribution in [0, 0.1) is 0 Å². The van der Waals surface area contributed by atoms with Crippen LogP contribution in [0.4, 0.5) is 28.4 Å². The number of hydrogen-bond acceptors (Lipinski definition) is 6. The average Bonchev–Trinajstić information content (AvgIpc) is 3.11. The molecule has 0 unspecified atom stereocenters. The van der Waals surface area contributed by atoms with Gasteiger partial charge in [0.15, 0.2) is 0 Å². The fourth-order valence-corrected chi connectivity index (χ4v) is 6.39. The lowest BCUT2D eigenvalue weighted by atomic mass is 10.1. The third-order valence-electron chi connectivity index (χ3n) is 7.95. The first kappa shape index (κ1) is 36.7. The topological polar surface area (TPSA) is 93.0 Å². The zero-order valence-electron chi connectivity index (χ0n) is 28.1. The Morgan fingerprint density at radius 3 is 1.98 bits per heavy atom. The van der Waals surface area contributed by atoms with E-state index in [1.54, 1.807) is 42.5 Å². The van der Waals surface area contributed by atoms with Crippen LogP contribution in [0.1, 0.15) is 19.4 Å². The molecule has 6 aromatic carbocycles. The maximum atomic E-state index is 10.7. The molecule has 0 amide bonds. The van der Waals surface area contributed by atoms with Gasteiger partial charge in [0.25, 0.3) is 0 Å². The second-order valence-corrected chi connectivity index (χ2v) is 13.8. The van der Waals surface area contributed by atoms with Crippen LogP contribution < -0.4 is 25.6 Å². The third-order valence-corrected chi connectivity index (χ3v) is 9.08. The molecule has 0 saturated heterocycles. The van der Waals surface area contributed by atoms with E-state index < -0.39 is 5.97 Å². The van der Waals surface area contributed by atoms with Crippen molar-refractivity contribution in [2.75, 3.05) is 16.0 Å². The molecule has 0 atom stereocenters. The monoisotopic (exact) mass is 767 g/mol. The Morgan fingerprint density at radius 2 is 1.31 bits per heavy atom. The van der Waals surface area contributed by atoms with Gasteiger partial charge in [0.1, 0.15) is 11.0 Å². The van der Waals surface area contributed by atoms with Gasteiger partial charge in [-0.3, -0.25) is 0 Å². The number of carbonyl (C=O) groups is 1.